The lowest BCUT2D eigenvalue weighted by molar-refractivity contribution is -0.385. The minimum Gasteiger partial charge on any atom is -0.485 e. The molecule has 0 atom stereocenters. The highest BCUT2D eigenvalue weighted by Crippen LogP contribution is 2.35. The van der Waals surface area contributed by atoms with Crippen LogP contribution in [0.1, 0.15) is 5.56 Å². The summed E-state index contributed by atoms with van der Waals surface area (Å²) in [5.74, 6) is -0.0494. The predicted octanol–water partition coefficient (Wildman–Crippen LogP) is 0.427. The normalized spacial score (nSPS) is 13.1. The third-order valence-electron chi connectivity index (χ3n) is 2.38. The van der Waals surface area contributed by atoms with Crippen LogP contribution >= 0.6 is 0 Å². The highest BCUT2D eigenvalue weighted by Gasteiger charge is 2.25. The quantitative estimate of drug-likeness (QED) is 0.583. The van der Waals surface area contributed by atoms with Gasteiger partial charge in [-0.1, -0.05) is 0 Å². The van der Waals surface area contributed by atoms with E-state index in [1.54, 1.807) is 0 Å². The highest BCUT2D eigenvalue weighted by atomic mass is 16.6. The number of rotatable bonds is 4. The van der Waals surface area contributed by atoms with Crippen LogP contribution in [0.5, 0.6) is 5.75 Å². The van der Waals surface area contributed by atoms with Crippen LogP contribution < -0.4 is 15.8 Å². The molecule has 0 unspecified atom stereocenters. The molecule has 0 aromatic heterocycles. The minimum atomic E-state index is -0.533. The van der Waals surface area contributed by atoms with E-state index in [1.807, 2.05) is 0 Å². The van der Waals surface area contributed by atoms with Crippen molar-refractivity contribution in [3.63, 3.8) is 0 Å². The fourth-order valence-corrected chi connectivity index (χ4v) is 1.67. The lowest BCUT2D eigenvalue weighted by atomic mass is 10.1. The second-order valence-electron chi connectivity index (χ2n) is 3.60. The molecule has 0 fully saturated rings. The van der Waals surface area contributed by atoms with Crippen molar-refractivity contribution >= 4 is 17.3 Å². The number of fused-ring (bicyclic) bond motifs is 1. The second-order valence-corrected chi connectivity index (χ2v) is 3.60. The first-order valence-electron chi connectivity index (χ1n) is 5.06. The van der Waals surface area contributed by atoms with E-state index >= 15 is 0 Å². The number of benzene rings is 1. The van der Waals surface area contributed by atoms with E-state index in [9.17, 15) is 14.9 Å². The topological polar surface area (TPSA) is 107 Å². The van der Waals surface area contributed by atoms with Crippen molar-refractivity contribution in [1.82, 2.24) is 0 Å². The van der Waals surface area contributed by atoms with Crippen LogP contribution in [-0.2, 0) is 11.2 Å². The number of hydrogen-bond donors (Lipinski definition) is 2. The largest absolute Gasteiger partial charge is 0.485 e. The number of hydrogen-bond acceptors (Lipinski definition) is 5. The van der Waals surface area contributed by atoms with E-state index < -0.39 is 4.92 Å². The lowest BCUT2D eigenvalue weighted by Crippen LogP contribution is -2.11. The van der Waals surface area contributed by atoms with Crippen molar-refractivity contribution in [2.75, 3.05) is 18.5 Å². The van der Waals surface area contributed by atoms with E-state index in [0.717, 1.165) is 0 Å². The van der Waals surface area contributed by atoms with Gasteiger partial charge in [-0.05, 0) is 5.56 Å². The Morgan fingerprint density at radius 1 is 1.53 bits per heavy atom. The molecule has 90 valence electrons. The predicted molar refractivity (Wildman–Crippen MR) is 60.0 cm³/mol. The number of carbonyl (C=O) groups excluding carboxylic acids is 1. The molecule has 2 rings (SSSR count). The zero-order chi connectivity index (χ0) is 12.4. The van der Waals surface area contributed by atoms with Crippen LogP contribution in [0.4, 0.5) is 11.4 Å². The Hall–Kier alpha value is -2.15. The van der Waals surface area contributed by atoms with Gasteiger partial charge in [-0.2, -0.15) is 0 Å². The summed E-state index contributed by atoms with van der Waals surface area (Å²) < 4.78 is 5.19. The lowest BCUT2D eigenvalue weighted by Gasteiger charge is -2.07. The van der Waals surface area contributed by atoms with Crippen LogP contribution in [0.25, 0.3) is 0 Å². The summed E-state index contributed by atoms with van der Waals surface area (Å²) in [6.45, 7) is 0.453. The maximum Gasteiger partial charge on any atom is 0.311 e. The fourth-order valence-electron chi connectivity index (χ4n) is 1.67. The molecule has 17 heavy (non-hydrogen) atoms. The van der Waals surface area contributed by atoms with E-state index in [4.69, 9.17) is 10.5 Å². The maximum absolute atomic E-state index is 11.2. The molecule has 1 aliphatic rings. The number of nitro benzene ring substituents is 1. The van der Waals surface area contributed by atoms with Gasteiger partial charge in [0.25, 0.3) is 0 Å². The van der Waals surface area contributed by atoms with Crippen molar-refractivity contribution in [3.8, 4) is 5.75 Å². The van der Waals surface area contributed by atoms with Crippen molar-refractivity contribution in [3.05, 3.63) is 27.8 Å². The molecule has 7 nitrogen and oxygen atoms in total. The molecule has 1 aromatic carbocycles. The van der Waals surface area contributed by atoms with Crippen molar-refractivity contribution in [2.24, 2.45) is 5.73 Å². The standard InChI is InChI=1S/C10H11N3O4/c11-1-2-17-9-5-7-6(4-10(14)12-7)3-8(9)13(15)16/h3,5H,1-2,4,11H2,(H,12,14). The van der Waals surface area contributed by atoms with Gasteiger partial charge < -0.3 is 15.8 Å². The van der Waals surface area contributed by atoms with Crippen LogP contribution in [0.2, 0.25) is 0 Å². The summed E-state index contributed by atoms with van der Waals surface area (Å²) in [5, 5.41) is 13.5. The van der Waals surface area contributed by atoms with Gasteiger partial charge in [0.2, 0.25) is 5.91 Å². The maximum atomic E-state index is 11.2. The van der Waals surface area contributed by atoms with Crippen LogP contribution in [-0.4, -0.2) is 24.0 Å². The number of nitrogens with zero attached hydrogens (tertiary/aromatic N) is 1. The van der Waals surface area contributed by atoms with Gasteiger partial charge in [0.05, 0.1) is 11.3 Å². The summed E-state index contributed by atoms with van der Waals surface area (Å²) in [6.07, 6.45) is 0.160. The molecule has 3 N–H and O–H groups in total. The molecule has 0 aliphatic carbocycles. The van der Waals surface area contributed by atoms with Gasteiger partial charge in [-0.3, -0.25) is 14.9 Å². The molecule has 1 aromatic rings. The van der Waals surface area contributed by atoms with Crippen LogP contribution in [0.15, 0.2) is 12.1 Å². The highest BCUT2D eigenvalue weighted by molar-refractivity contribution is 5.99. The number of nitrogens with one attached hydrogen (secondary N) is 1. The average molecular weight is 237 g/mol. The second kappa shape index (κ2) is 4.38. The van der Waals surface area contributed by atoms with E-state index in [-0.39, 0.29) is 36.9 Å². The summed E-state index contributed by atoms with van der Waals surface area (Å²) >= 11 is 0. The zero-order valence-corrected chi connectivity index (χ0v) is 8.93. The number of carbonyl (C=O) groups is 1. The molecule has 0 saturated heterocycles. The van der Waals surface area contributed by atoms with Crippen LogP contribution in [0, 0.1) is 10.1 Å². The molecule has 0 saturated carbocycles. The first-order chi connectivity index (χ1) is 8.11. The third-order valence-corrected chi connectivity index (χ3v) is 2.38. The number of nitrogens with two attached hydrogens (primary N) is 1. The Kier molecular flexibility index (Phi) is 2.92. The summed E-state index contributed by atoms with van der Waals surface area (Å²) in [7, 11) is 0. The Morgan fingerprint density at radius 3 is 2.94 bits per heavy atom. The monoisotopic (exact) mass is 237 g/mol. The number of anilines is 1. The first kappa shape index (κ1) is 11.3. The Morgan fingerprint density at radius 2 is 2.29 bits per heavy atom. The number of ether oxygens (including phenoxy) is 1. The zero-order valence-electron chi connectivity index (χ0n) is 8.93. The van der Waals surface area contributed by atoms with Crippen molar-refractivity contribution < 1.29 is 14.5 Å². The molecular formula is C10H11N3O4. The van der Waals surface area contributed by atoms with Gasteiger partial charge in [-0.25, -0.2) is 0 Å². The molecule has 0 spiro atoms. The molecule has 7 heteroatoms. The summed E-state index contributed by atoms with van der Waals surface area (Å²) in [6, 6.07) is 2.83. The molecule has 0 radical (unpaired) electrons. The smallest absolute Gasteiger partial charge is 0.311 e. The molecule has 1 amide bonds. The van der Waals surface area contributed by atoms with E-state index in [0.29, 0.717) is 11.3 Å². The minimum absolute atomic E-state index is 0.126. The molecule has 0 bridgehead atoms. The van der Waals surface area contributed by atoms with Gasteiger partial charge in [0.1, 0.15) is 6.61 Å². The van der Waals surface area contributed by atoms with Crippen LogP contribution in [0.3, 0.4) is 0 Å². The van der Waals surface area contributed by atoms with Crippen molar-refractivity contribution in [2.45, 2.75) is 6.42 Å². The Bertz CT molecular complexity index is 487. The van der Waals surface area contributed by atoms with Gasteiger partial charge >= 0.3 is 5.69 Å². The molecule has 1 aliphatic heterocycles. The van der Waals surface area contributed by atoms with Gasteiger partial charge in [0.15, 0.2) is 5.75 Å². The Balaban J connectivity index is 2.40. The first-order valence-corrected chi connectivity index (χ1v) is 5.06. The summed E-state index contributed by atoms with van der Waals surface area (Å²) in [4.78, 5) is 21.5. The van der Waals surface area contributed by atoms with Gasteiger partial charge in [-0.15, -0.1) is 0 Å². The molecule has 1 heterocycles. The SMILES string of the molecule is NCCOc1cc2c(cc1[N+](=O)[O-])CC(=O)N2. The number of nitro groups is 1. The fraction of sp³-hybridized carbons (Fsp3) is 0.300. The summed E-state index contributed by atoms with van der Waals surface area (Å²) in [5.41, 5.74) is 6.30. The van der Waals surface area contributed by atoms with E-state index in [1.165, 1.54) is 12.1 Å². The molecular weight excluding hydrogens is 226 g/mol. The van der Waals surface area contributed by atoms with Crippen molar-refractivity contribution in [1.29, 1.82) is 0 Å². The average Bonchev–Trinajstić information content (AvgIpc) is 2.63. The third kappa shape index (κ3) is 2.18. The number of amides is 1. The van der Waals surface area contributed by atoms with Gasteiger partial charge in [0, 0.05) is 24.4 Å². The Labute approximate surface area is 96.7 Å². The van der Waals surface area contributed by atoms with E-state index in [2.05, 4.69) is 5.32 Å².